The van der Waals surface area contributed by atoms with E-state index in [1.54, 1.807) is 0 Å². The van der Waals surface area contributed by atoms with Gasteiger partial charge in [-0.2, -0.15) is 0 Å². The third kappa shape index (κ3) is 1.92. The molecular formula is C8H11FN2O2S. The van der Waals surface area contributed by atoms with Crippen LogP contribution in [0.2, 0.25) is 0 Å². The molecule has 4 nitrogen and oxygen atoms in total. The van der Waals surface area contributed by atoms with Crippen molar-refractivity contribution in [3.63, 3.8) is 0 Å². The van der Waals surface area contributed by atoms with Crippen molar-refractivity contribution in [2.75, 3.05) is 7.05 Å². The quantitative estimate of drug-likeness (QED) is 0.760. The molecule has 0 aromatic heterocycles. The summed E-state index contributed by atoms with van der Waals surface area (Å²) >= 11 is 0. The Balaban J connectivity index is 3.42. The number of rotatable bonds is 3. The Morgan fingerprint density at radius 3 is 2.64 bits per heavy atom. The second kappa shape index (κ2) is 4.04. The van der Waals surface area contributed by atoms with Crippen molar-refractivity contribution in [3.05, 3.63) is 29.6 Å². The monoisotopic (exact) mass is 218 g/mol. The average Bonchev–Trinajstić information content (AvgIpc) is 2.17. The molecule has 0 saturated heterocycles. The maximum atomic E-state index is 13.1. The lowest BCUT2D eigenvalue weighted by molar-refractivity contribution is 0.576. The van der Waals surface area contributed by atoms with E-state index in [9.17, 15) is 12.8 Å². The maximum absolute atomic E-state index is 13.1. The minimum Gasteiger partial charge on any atom is -0.326 e. The molecule has 0 aliphatic rings. The van der Waals surface area contributed by atoms with E-state index >= 15 is 0 Å². The number of hydrogen-bond acceptors (Lipinski definition) is 3. The lowest BCUT2D eigenvalue weighted by Gasteiger charge is -2.08. The Kier molecular flexibility index (Phi) is 3.20. The highest BCUT2D eigenvalue weighted by atomic mass is 32.2. The van der Waals surface area contributed by atoms with Gasteiger partial charge in [0.05, 0.1) is 4.90 Å². The van der Waals surface area contributed by atoms with Crippen LogP contribution in [-0.4, -0.2) is 15.5 Å². The molecule has 0 unspecified atom stereocenters. The lowest BCUT2D eigenvalue weighted by atomic mass is 10.2. The molecule has 1 rings (SSSR count). The van der Waals surface area contributed by atoms with E-state index in [0.717, 1.165) is 0 Å². The summed E-state index contributed by atoms with van der Waals surface area (Å²) in [7, 11) is -2.37. The fourth-order valence-electron chi connectivity index (χ4n) is 1.10. The van der Waals surface area contributed by atoms with Crippen LogP contribution in [0.5, 0.6) is 0 Å². The zero-order chi connectivity index (χ0) is 10.8. The van der Waals surface area contributed by atoms with E-state index in [2.05, 4.69) is 4.72 Å². The predicted octanol–water partition coefficient (Wildman–Crippen LogP) is 0.193. The van der Waals surface area contributed by atoms with Crippen LogP contribution >= 0.6 is 0 Å². The molecule has 14 heavy (non-hydrogen) atoms. The Morgan fingerprint density at radius 2 is 2.14 bits per heavy atom. The van der Waals surface area contributed by atoms with E-state index in [0.29, 0.717) is 0 Å². The largest absolute Gasteiger partial charge is 0.326 e. The fraction of sp³-hybridized carbons (Fsp3) is 0.250. The highest BCUT2D eigenvalue weighted by molar-refractivity contribution is 7.89. The number of halogens is 1. The summed E-state index contributed by atoms with van der Waals surface area (Å²) in [6.45, 7) is -0.150. The first-order valence-corrected chi connectivity index (χ1v) is 5.42. The van der Waals surface area contributed by atoms with E-state index < -0.39 is 15.8 Å². The first-order chi connectivity index (χ1) is 6.53. The van der Waals surface area contributed by atoms with Crippen LogP contribution in [-0.2, 0) is 16.6 Å². The Morgan fingerprint density at radius 1 is 1.50 bits per heavy atom. The van der Waals surface area contributed by atoms with Crippen molar-refractivity contribution in [2.24, 2.45) is 5.73 Å². The summed E-state index contributed by atoms with van der Waals surface area (Å²) in [5.41, 5.74) is 5.27. The summed E-state index contributed by atoms with van der Waals surface area (Å²) in [6.07, 6.45) is 0. The average molecular weight is 218 g/mol. The molecule has 0 amide bonds. The molecule has 1 aromatic carbocycles. The minimum absolute atomic E-state index is 0.00171. The number of hydrogen-bond donors (Lipinski definition) is 2. The molecule has 0 fully saturated rings. The number of sulfonamides is 1. The van der Waals surface area contributed by atoms with E-state index in [-0.39, 0.29) is 17.0 Å². The van der Waals surface area contributed by atoms with Gasteiger partial charge >= 0.3 is 0 Å². The van der Waals surface area contributed by atoms with Crippen molar-refractivity contribution in [1.29, 1.82) is 0 Å². The molecule has 3 N–H and O–H groups in total. The topological polar surface area (TPSA) is 72.2 Å². The Hall–Kier alpha value is -0.980. The van der Waals surface area contributed by atoms with Gasteiger partial charge in [-0.15, -0.1) is 0 Å². The van der Waals surface area contributed by atoms with Crippen LogP contribution in [0.15, 0.2) is 23.1 Å². The van der Waals surface area contributed by atoms with Crippen molar-refractivity contribution in [1.82, 2.24) is 4.72 Å². The van der Waals surface area contributed by atoms with Gasteiger partial charge in [-0.3, -0.25) is 0 Å². The van der Waals surface area contributed by atoms with Gasteiger partial charge in [0, 0.05) is 12.1 Å². The Labute approximate surface area is 82.0 Å². The zero-order valence-electron chi connectivity index (χ0n) is 7.62. The van der Waals surface area contributed by atoms with Gasteiger partial charge in [0.1, 0.15) is 5.82 Å². The van der Waals surface area contributed by atoms with Gasteiger partial charge in [-0.1, -0.05) is 6.07 Å². The summed E-state index contributed by atoms with van der Waals surface area (Å²) in [4.78, 5) is -0.109. The maximum Gasteiger partial charge on any atom is 0.240 e. The Bertz CT molecular complexity index is 431. The van der Waals surface area contributed by atoms with E-state index in [4.69, 9.17) is 5.73 Å². The molecule has 0 heterocycles. The second-order valence-corrected chi connectivity index (χ2v) is 4.48. The van der Waals surface area contributed by atoms with Crippen molar-refractivity contribution < 1.29 is 12.8 Å². The minimum atomic E-state index is -3.63. The molecule has 0 atom stereocenters. The second-order valence-electron chi connectivity index (χ2n) is 2.63. The van der Waals surface area contributed by atoms with Gasteiger partial charge < -0.3 is 5.73 Å². The molecule has 0 saturated carbocycles. The van der Waals surface area contributed by atoms with Crippen LogP contribution < -0.4 is 10.5 Å². The van der Waals surface area contributed by atoms with Crippen molar-refractivity contribution in [2.45, 2.75) is 11.4 Å². The third-order valence-corrected chi connectivity index (χ3v) is 3.34. The van der Waals surface area contributed by atoms with Crippen LogP contribution in [0.1, 0.15) is 5.56 Å². The van der Waals surface area contributed by atoms with Gasteiger partial charge in [-0.05, 0) is 19.2 Å². The van der Waals surface area contributed by atoms with Gasteiger partial charge in [0.15, 0.2) is 0 Å². The van der Waals surface area contributed by atoms with E-state index in [1.165, 1.54) is 25.2 Å². The third-order valence-electron chi connectivity index (χ3n) is 1.84. The highest BCUT2D eigenvalue weighted by Crippen LogP contribution is 2.17. The first-order valence-electron chi connectivity index (χ1n) is 3.94. The molecule has 0 bridgehead atoms. The van der Waals surface area contributed by atoms with Gasteiger partial charge in [-0.25, -0.2) is 17.5 Å². The fourth-order valence-corrected chi connectivity index (χ4v) is 2.08. The SMILES string of the molecule is CNS(=O)(=O)c1cccc(F)c1CN. The van der Waals surface area contributed by atoms with Crippen molar-refractivity contribution in [3.8, 4) is 0 Å². The summed E-state index contributed by atoms with van der Waals surface area (Å²) in [5, 5.41) is 0. The molecular weight excluding hydrogens is 207 g/mol. The van der Waals surface area contributed by atoms with Crippen molar-refractivity contribution >= 4 is 10.0 Å². The molecule has 0 aliphatic heterocycles. The normalized spacial score (nSPS) is 11.6. The summed E-state index contributed by atoms with van der Waals surface area (Å²) in [5.74, 6) is -0.608. The number of nitrogens with one attached hydrogen (secondary N) is 1. The molecule has 6 heteroatoms. The lowest BCUT2D eigenvalue weighted by Crippen LogP contribution is -2.21. The van der Waals surface area contributed by atoms with E-state index in [1.807, 2.05) is 0 Å². The van der Waals surface area contributed by atoms with Crippen LogP contribution in [0.25, 0.3) is 0 Å². The molecule has 0 radical (unpaired) electrons. The predicted molar refractivity (Wildman–Crippen MR) is 50.5 cm³/mol. The van der Waals surface area contributed by atoms with Crippen LogP contribution in [0.4, 0.5) is 4.39 Å². The van der Waals surface area contributed by atoms with Gasteiger partial charge in [0.2, 0.25) is 10.0 Å². The van der Waals surface area contributed by atoms with Crippen LogP contribution in [0, 0.1) is 5.82 Å². The first kappa shape index (κ1) is 11.1. The molecule has 0 aliphatic carbocycles. The summed E-state index contributed by atoms with van der Waals surface area (Å²) < 4.78 is 38.1. The number of nitrogens with two attached hydrogens (primary N) is 1. The highest BCUT2D eigenvalue weighted by Gasteiger charge is 2.17. The molecule has 0 spiro atoms. The summed E-state index contributed by atoms with van der Waals surface area (Å²) in [6, 6.07) is 3.83. The van der Waals surface area contributed by atoms with Crippen LogP contribution in [0.3, 0.4) is 0 Å². The zero-order valence-corrected chi connectivity index (χ0v) is 8.44. The number of benzene rings is 1. The standard InChI is InChI=1S/C8H11FN2O2S/c1-11-14(12,13)8-4-2-3-7(9)6(8)5-10/h2-4,11H,5,10H2,1H3. The molecule has 1 aromatic rings. The smallest absolute Gasteiger partial charge is 0.240 e. The molecule has 78 valence electrons. The van der Waals surface area contributed by atoms with Gasteiger partial charge in [0.25, 0.3) is 0 Å².